The number of amides is 2. The van der Waals surface area contributed by atoms with Crippen LogP contribution in [0.3, 0.4) is 0 Å². The van der Waals surface area contributed by atoms with Crippen molar-refractivity contribution in [1.82, 2.24) is 19.2 Å². The molecule has 3 heterocycles. The lowest BCUT2D eigenvalue weighted by atomic mass is 10.0. The van der Waals surface area contributed by atoms with Crippen LogP contribution < -0.4 is 10.1 Å². The maximum Gasteiger partial charge on any atom is 0.323 e. The Bertz CT molecular complexity index is 1670. The van der Waals surface area contributed by atoms with Crippen molar-refractivity contribution in [2.45, 2.75) is 32.9 Å². The number of halogens is 1. The number of carbonyl (C=O) groups excluding carboxylic acids is 1. The molecule has 5 aromatic rings. The highest BCUT2D eigenvalue weighted by Crippen LogP contribution is 2.39. The zero-order valence-electron chi connectivity index (χ0n) is 22.6. The molecule has 0 radical (unpaired) electrons. The van der Waals surface area contributed by atoms with E-state index < -0.39 is 6.04 Å². The van der Waals surface area contributed by atoms with Crippen molar-refractivity contribution in [2.24, 2.45) is 0 Å². The highest BCUT2D eigenvalue weighted by Gasteiger charge is 2.36. The maximum atomic E-state index is 14.2. The van der Waals surface area contributed by atoms with Gasteiger partial charge in [0.1, 0.15) is 17.4 Å². The Hall–Kier alpha value is -4.85. The summed E-state index contributed by atoms with van der Waals surface area (Å²) >= 11 is 0. The molecule has 1 aliphatic heterocycles. The molecule has 1 atom stereocenters. The van der Waals surface area contributed by atoms with E-state index in [1.807, 2.05) is 78.5 Å². The number of carbonyl (C=O) groups is 1. The van der Waals surface area contributed by atoms with Gasteiger partial charge in [-0.15, -0.1) is 0 Å². The van der Waals surface area contributed by atoms with E-state index in [-0.39, 0.29) is 11.8 Å². The number of ether oxygens (including phenoxy) is 1. The van der Waals surface area contributed by atoms with Gasteiger partial charge < -0.3 is 19.5 Å². The Morgan fingerprint density at radius 3 is 2.55 bits per heavy atom. The molecule has 0 saturated carbocycles. The largest absolute Gasteiger partial charge is 0.495 e. The van der Waals surface area contributed by atoms with E-state index in [1.165, 1.54) is 12.1 Å². The van der Waals surface area contributed by atoms with Crippen LogP contribution in [0.2, 0.25) is 0 Å². The Labute approximate surface area is 232 Å². The summed E-state index contributed by atoms with van der Waals surface area (Å²) in [5.74, 6) is 1.13. The summed E-state index contributed by atoms with van der Waals surface area (Å²) in [5.41, 5.74) is 6.05. The van der Waals surface area contributed by atoms with Gasteiger partial charge in [0.2, 0.25) is 0 Å². The summed E-state index contributed by atoms with van der Waals surface area (Å²) in [6, 6.07) is 25.2. The van der Waals surface area contributed by atoms with Gasteiger partial charge in [-0.3, -0.25) is 0 Å². The molecule has 3 aromatic carbocycles. The van der Waals surface area contributed by atoms with Gasteiger partial charge in [0.15, 0.2) is 0 Å². The zero-order chi connectivity index (χ0) is 27.8. The number of methoxy groups -OCH3 is 1. The van der Waals surface area contributed by atoms with E-state index >= 15 is 0 Å². The third-order valence-electron chi connectivity index (χ3n) is 7.35. The minimum atomic E-state index is -0.493. The van der Waals surface area contributed by atoms with Gasteiger partial charge in [0.05, 0.1) is 42.5 Å². The molecular formula is C32H30FN5O2. The fraction of sp³-hybridized carbons (Fsp3) is 0.188. The monoisotopic (exact) mass is 535 g/mol. The standard InChI is InChI=1S/C32H30FN5O2/c1-4-26-25-20-37(32(39)34-27-19-21(2)12-17-29(27)40-3)30(22-13-15-23(33)16-14-22)28-11-8-18-36(28)31(25)38(35-26)24-9-6-5-7-10-24/h5-19,30H,4,20H2,1-3H3,(H,34,39)/t30-/m0/s1. The normalized spacial score (nSPS) is 14.3. The number of hydrogen-bond acceptors (Lipinski definition) is 3. The van der Waals surface area contributed by atoms with Gasteiger partial charge in [-0.25, -0.2) is 13.9 Å². The molecule has 0 aliphatic carbocycles. The van der Waals surface area contributed by atoms with Gasteiger partial charge >= 0.3 is 6.03 Å². The minimum absolute atomic E-state index is 0.298. The van der Waals surface area contributed by atoms with Crippen molar-refractivity contribution in [3.63, 3.8) is 0 Å². The fourth-order valence-corrected chi connectivity index (χ4v) is 5.45. The number of anilines is 1. The Morgan fingerprint density at radius 2 is 1.82 bits per heavy atom. The molecule has 0 bridgehead atoms. The van der Waals surface area contributed by atoms with Crippen molar-refractivity contribution >= 4 is 11.7 Å². The first-order valence-electron chi connectivity index (χ1n) is 13.3. The average Bonchev–Trinajstić information content (AvgIpc) is 3.55. The Kier molecular flexibility index (Phi) is 6.59. The van der Waals surface area contributed by atoms with Crippen LogP contribution in [0.15, 0.2) is 91.1 Å². The van der Waals surface area contributed by atoms with Gasteiger partial charge in [0, 0.05) is 11.8 Å². The zero-order valence-corrected chi connectivity index (χ0v) is 22.6. The number of benzene rings is 3. The smallest absolute Gasteiger partial charge is 0.323 e. The first kappa shape index (κ1) is 25.4. The molecule has 0 saturated heterocycles. The highest BCUT2D eigenvalue weighted by molar-refractivity contribution is 5.92. The number of nitrogens with one attached hydrogen (secondary N) is 1. The van der Waals surface area contributed by atoms with Crippen LogP contribution in [0.1, 0.15) is 41.0 Å². The van der Waals surface area contributed by atoms with Crippen molar-refractivity contribution in [1.29, 1.82) is 0 Å². The summed E-state index contributed by atoms with van der Waals surface area (Å²) in [6.07, 6.45) is 2.69. The number of fused-ring (bicyclic) bond motifs is 3. The molecule has 1 N–H and O–H groups in total. The first-order valence-corrected chi connectivity index (χ1v) is 13.3. The van der Waals surface area contributed by atoms with Crippen molar-refractivity contribution in [3.8, 4) is 17.3 Å². The second kappa shape index (κ2) is 10.4. The molecule has 1 aliphatic rings. The van der Waals surface area contributed by atoms with E-state index in [0.717, 1.165) is 39.6 Å². The number of aromatic nitrogens is 3. The predicted octanol–water partition coefficient (Wildman–Crippen LogP) is 6.82. The van der Waals surface area contributed by atoms with Crippen LogP contribution in [-0.4, -0.2) is 32.4 Å². The van der Waals surface area contributed by atoms with Crippen LogP contribution in [0.4, 0.5) is 14.9 Å². The maximum absolute atomic E-state index is 14.2. The quantitative estimate of drug-likeness (QED) is 0.269. The van der Waals surface area contributed by atoms with Gasteiger partial charge in [-0.2, -0.15) is 5.10 Å². The lowest BCUT2D eigenvalue weighted by Crippen LogP contribution is -2.38. The van der Waals surface area contributed by atoms with Crippen molar-refractivity contribution < 1.29 is 13.9 Å². The SMILES string of the molecule is CCc1nn(-c2ccccc2)c2c1CN(C(=O)Nc1cc(C)ccc1OC)[C@@H](c1ccc(F)cc1)c1cccn1-2. The fourth-order valence-electron chi connectivity index (χ4n) is 5.45. The highest BCUT2D eigenvalue weighted by atomic mass is 19.1. The van der Waals surface area contributed by atoms with E-state index in [4.69, 9.17) is 9.84 Å². The molecule has 2 aromatic heterocycles. The van der Waals surface area contributed by atoms with Crippen molar-refractivity contribution in [2.75, 3.05) is 12.4 Å². The molecule has 8 heteroatoms. The lowest BCUT2D eigenvalue weighted by molar-refractivity contribution is 0.194. The first-order chi connectivity index (χ1) is 19.5. The molecule has 40 heavy (non-hydrogen) atoms. The number of rotatable bonds is 5. The molecule has 0 unspecified atom stereocenters. The summed E-state index contributed by atoms with van der Waals surface area (Å²) in [4.78, 5) is 16.0. The Morgan fingerprint density at radius 1 is 1.05 bits per heavy atom. The summed E-state index contributed by atoms with van der Waals surface area (Å²) in [6.45, 7) is 4.33. The van der Waals surface area contributed by atoms with Crippen LogP contribution in [0.5, 0.6) is 5.75 Å². The summed E-state index contributed by atoms with van der Waals surface area (Å²) in [7, 11) is 1.58. The minimum Gasteiger partial charge on any atom is -0.495 e. The van der Waals surface area contributed by atoms with Crippen LogP contribution in [-0.2, 0) is 13.0 Å². The van der Waals surface area contributed by atoms with Gasteiger partial charge in [0.25, 0.3) is 0 Å². The third kappa shape index (κ3) is 4.41. The number of nitrogens with zero attached hydrogens (tertiary/aromatic N) is 4. The number of hydrogen-bond donors (Lipinski definition) is 1. The molecular weight excluding hydrogens is 505 g/mol. The van der Waals surface area contributed by atoms with Crippen molar-refractivity contribution in [3.05, 3.63) is 125 Å². The molecule has 2 amide bonds. The lowest BCUT2D eigenvalue weighted by Gasteiger charge is -2.31. The number of para-hydroxylation sites is 1. The average molecular weight is 536 g/mol. The third-order valence-corrected chi connectivity index (χ3v) is 7.35. The van der Waals surface area contributed by atoms with E-state index in [2.05, 4.69) is 16.8 Å². The Balaban J connectivity index is 1.55. The molecule has 0 spiro atoms. The molecule has 6 rings (SSSR count). The second-order valence-corrected chi connectivity index (χ2v) is 9.87. The summed E-state index contributed by atoms with van der Waals surface area (Å²) < 4.78 is 23.6. The van der Waals surface area contributed by atoms with Crippen LogP contribution in [0.25, 0.3) is 11.5 Å². The topological polar surface area (TPSA) is 64.3 Å². The van der Waals surface area contributed by atoms with Crippen LogP contribution >= 0.6 is 0 Å². The van der Waals surface area contributed by atoms with Gasteiger partial charge in [-0.05, 0) is 73.0 Å². The van der Waals surface area contributed by atoms with E-state index in [1.54, 1.807) is 24.1 Å². The number of urea groups is 1. The van der Waals surface area contributed by atoms with Crippen LogP contribution in [0, 0.1) is 12.7 Å². The van der Waals surface area contributed by atoms with E-state index in [0.29, 0.717) is 24.4 Å². The predicted molar refractivity (Wildman–Crippen MR) is 153 cm³/mol. The molecule has 0 fully saturated rings. The summed E-state index contributed by atoms with van der Waals surface area (Å²) in [5, 5.41) is 8.09. The van der Waals surface area contributed by atoms with E-state index in [9.17, 15) is 9.18 Å². The number of aryl methyl sites for hydroxylation is 2. The van der Waals surface area contributed by atoms with Gasteiger partial charge in [-0.1, -0.05) is 43.3 Å². The second-order valence-electron chi connectivity index (χ2n) is 9.87. The molecule has 202 valence electrons. The molecule has 7 nitrogen and oxygen atoms in total.